The predicted octanol–water partition coefficient (Wildman–Crippen LogP) is 5.77. The number of aryl methyl sites for hydroxylation is 2. The Bertz CT molecular complexity index is 1140. The van der Waals surface area contributed by atoms with E-state index in [4.69, 9.17) is 9.15 Å². The van der Waals surface area contributed by atoms with Crippen LogP contribution in [0.25, 0.3) is 11.0 Å². The third-order valence-corrected chi connectivity index (χ3v) is 5.05. The van der Waals surface area contributed by atoms with Gasteiger partial charge in [-0.05, 0) is 62.3 Å². The van der Waals surface area contributed by atoms with Gasteiger partial charge in [0.2, 0.25) is 11.2 Å². The molecule has 8 heteroatoms. The molecule has 1 heterocycles. The van der Waals surface area contributed by atoms with Crippen LogP contribution in [0.5, 0.6) is 17.2 Å². The number of halogens is 3. The molecule has 1 aromatic heterocycles. The van der Waals surface area contributed by atoms with Crippen LogP contribution in [0.15, 0.2) is 39.5 Å². The first-order valence-electron chi connectivity index (χ1n) is 9.92. The van der Waals surface area contributed by atoms with Crippen molar-refractivity contribution < 1.29 is 27.4 Å². The molecule has 0 unspecified atom stereocenters. The Labute approximate surface area is 177 Å². The maximum absolute atomic E-state index is 13.9. The zero-order valence-corrected chi connectivity index (χ0v) is 17.8. The van der Waals surface area contributed by atoms with Crippen molar-refractivity contribution in [2.45, 2.75) is 40.4 Å². The maximum Gasteiger partial charge on any atom is 0.453 e. The minimum Gasteiger partial charge on any atom is -0.507 e. The van der Waals surface area contributed by atoms with Gasteiger partial charge in [0, 0.05) is 6.54 Å². The number of benzene rings is 2. The number of nitrogens with zero attached hydrogens (tertiary/aromatic N) is 1. The second-order valence-electron chi connectivity index (χ2n) is 7.41. The Morgan fingerprint density at radius 2 is 1.68 bits per heavy atom. The smallest absolute Gasteiger partial charge is 0.453 e. The van der Waals surface area contributed by atoms with Crippen molar-refractivity contribution in [2.75, 3.05) is 13.1 Å². The highest BCUT2D eigenvalue weighted by Gasteiger charge is 2.41. The molecule has 0 fully saturated rings. The summed E-state index contributed by atoms with van der Waals surface area (Å²) < 4.78 is 52.2. The van der Waals surface area contributed by atoms with Crippen molar-refractivity contribution in [1.29, 1.82) is 0 Å². The number of fused-ring (bicyclic) bond motifs is 1. The summed E-state index contributed by atoms with van der Waals surface area (Å²) >= 11 is 0. The van der Waals surface area contributed by atoms with Gasteiger partial charge in [0.25, 0.3) is 5.76 Å². The van der Waals surface area contributed by atoms with Crippen LogP contribution in [-0.4, -0.2) is 23.1 Å². The first-order valence-corrected chi connectivity index (χ1v) is 9.92. The van der Waals surface area contributed by atoms with Crippen molar-refractivity contribution in [3.63, 3.8) is 0 Å². The minimum absolute atomic E-state index is 0.0904. The third-order valence-electron chi connectivity index (χ3n) is 5.05. The molecule has 3 rings (SSSR count). The van der Waals surface area contributed by atoms with E-state index in [-0.39, 0.29) is 34.6 Å². The average Bonchev–Trinajstić information content (AvgIpc) is 2.67. The molecular weight excluding hydrogens is 411 g/mol. The molecule has 0 saturated carbocycles. The fraction of sp³-hybridized carbons (Fsp3) is 0.348. The molecule has 0 bridgehead atoms. The Hall–Kier alpha value is -3.00. The lowest BCUT2D eigenvalue weighted by molar-refractivity contribution is -0.154. The van der Waals surface area contributed by atoms with Crippen LogP contribution in [0, 0.1) is 13.8 Å². The largest absolute Gasteiger partial charge is 0.507 e. The summed E-state index contributed by atoms with van der Waals surface area (Å²) in [5.41, 5.74) is 0.438. The lowest BCUT2D eigenvalue weighted by Crippen LogP contribution is -2.23. The molecule has 31 heavy (non-hydrogen) atoms. The molecule has 0 atom stereocenters. The highest BCUT2D eigenvalue weighted by molar-refractivity contribution is 5.83. The molecule has 166 valence electrons. The van der Waals surface area contributed by atoms with E-state index in [2.05, 4.69) is 0 Å². The lowest BCUT2D eigenvalue weighted by Gasteiger charge is -2.20. The first-order chi connectivity index (χ1) is 14.5. The molecule has 5 nitrogen and oxygen atoms in total. The monoisotopic (exact) mass is 435 g/mol. The van der Waals surface area contributed by atoms with Crippen LogP contribution in [0.1, 0.15) is 36.3 Å². The van der Waals surface area contributed by atoms with Crippen molar-refractivity contribution in [3.8, 4) is 17.2 Å². The number of rotatable bonds is 6. The second-order valence-corrected chi connectivity index (χ2v) is 7.41. The summed E-state index contributed by atoms with van der Waals surface area (Å²) in [6, 6.07) is 7.45. The zero-order valence-electron chi connectivity index (χ0n) is 17.8. The topological polar surface area (TPSA) is 62.9 Å². The van der Waals surface area contributed by atoms with E-state index in [1.165, 1.54) is 12.1 Å². The molecule has 0 aliphatic heterocycles. The summed E-state index contributed by atoms with van der Waals surface area (Å²) in [4.78, 5) is 15.0. The standard InChI is InChI=1S/C23H24F3NO4/c1-5-27(6-2)12-17-18(28)8-7-16-19(29)21(22(23(24,25)26)31-20(16)17)30-15-10-13(3)9-14(4)11-15/h7-11,28H,5-6,12H2,1-4H3. The van der Waals surface area contributed by atoms with Gasteiger partial charge in [-0.25, -0.2) is 0 Å². The van der Waals surface area contributed by atoms with Gasteiger partial charge in [0.1, 0.15) is 17.1 Å². The number of hydrogen-bond acceptors (Lipinski definition) is 5. The van der Waals surface area contributed by atoms with Gasteiger partial charge in [-0.15, -0.1) is 0 Å². The van der Waals surface area contributed by atoms with E-state index in [0.717, 1.165) is 11.1 Å². The van der Waals surface area contributed by atoms with E-state index in [0.29, 0.717) is 13.1 Å². The van der Waals surface area contributed by atoms with Gasteiger partial charge in [0.05, 0.1) is 10.9 Å². The number of phenolic OH excluding ortho intramolecular Hbond substituents is 1. The number of aromatic hydroxyl groups is 1. The van der Waals surface area contributed by atoms with Crippen LogP contribution in [0.4, 0.5) is 13.2 Å². The molecule has 1 N–H and O–H groups in total. The quantitative estimate of drug-likeness (QED) is 0.533. The van der Waals surface area contributed by atoms with Crippen molar-refractivity contribution in [1.82, 2.24) is 4.90 Å². The molecule has 0 spiro atoms. The number of hydrogen-bond donors (Lipinski definition) is 1. The lowest BCUT2D eigenvalue weighted by atomic mass is 10.1. The number of alkyl halides is 3. The van der Waals surface area contributed by atoms with Crippen LogP contribution in [-0.2, 0) is 12.7 Å². The molecule has 0 aliphatic rings. The van der Waals surface area contributed by atoms with Gasteiger partial charge in [0.15, 0.2) is 0 Å². The van der Waals surface area contributed by atoms with Crippen LogP contribution < -0.4 is 10.2 Å². The third kappa shape index (κ3) is 4.69. The van der Waals surface area contributed by atoms with Crippen LogP contribution >= 0.6 is 0 Å². The van der Waals surface area contributed by atoms with Crippen LogP contribution in [0.3, 0.4) is 0 Å². The highest BCUT2D eigenvalue weighted by atomic mass is 19.4. The van der Waals surface area contributed by atoms with E-state index >= 15 is 0 Å². The van der Waals surface area contributed by atoms with Gasteiger partial charge >= 0.3 is 6.18 Å². The fourth-order valence-corrected chi connectivity index (χ4v) is 3.50. The van der Waals surface area contributed by atoms with E-state index in [9.17, 15) is 23.1 Å². The zero-order chi connectivity index (χ0) is 22.9. The SMILES string of the molecule is CCN(CC)Cc1c(O)ccc2c(=O)c(Oc3cc(C)cc(C)c3)c(C(F)(F)F)oc12. The fourth-order valence-electron chi connectivity index (χ4n) is 3.50. The van der Waals surface area contributed by atoms with Crippen LogP contribution in [0.2, 0.25) is 0 Å². The predicted molar refractivity (Wildman–Crippen MR) is 112 cm³/mol. The van der Waals surface area contributed by atoms with E-state index in [1.54, 1.807) is 26.0 Å². The molecule has 2 aromatic carbocycles. The Kier molecular flexibility index (Phi) is 6.31. The molecule has 0 radical (unpaired) electrons. The van der Waals surface area contributed by atoms with E-state index in [1.807, 2.05) is 24.8 Å². The number of ether oxygens (including phenoxy) is 1. The van der Waals surface area contributed by atoms with Gasteiger partial charge in [-0.1, -0.05) is 19.9 Å². The summed E-state index contributed by atoms with van der Waals surface area (Å²) in [6.07, 6.45) is -4.97. The molecular formula is C23H24F3NO4. The van der Waals surface area contributed by atoms with Crippen molar-refractivity contribution in [2.24, 2.45) is 0 Å². The molecule has 3 aromatic rings. The summed E-state index contributed by atoms with van der Waals surface area (Å²) in [6.45, 7) is 8.67. The Morgan fingerprint density at radius 1 is 1.06 bits per heavy atom. The molecule has 0 aliphatic carbocycles. The van der Waals surface area contributed by atoms with E-state index < -0.39 is 23.1 Å². The van der Waals surface area contributed by atoms with Crippen molar-refractivity contribution in [3.05, 3.63) is 63.0 Å². The molecule has 0 amide bonds. The maximum atomic E-state index is 13.9. The van der Waals surface area contributed by atoms with Gasteiger partial charge < -0.3 is 14.3 Å². The Morgan fingerprint density at radius 3 is 2.23 bits per heavy atom. The summed E-state index contributed by atoms with van der Waals surface area (Å²) in [5.74, 6) is -2.59. The van der Waals surface area contributed by atoms with Crippen molar-refractivity contribution >= 4 is 11.0 Å². The number of phenols is 1. The average molecular weight is 435 g/mol. The summed E-state index contributed by atoms with van der Waals surface area (Å²) in [7, 11) is 0. The second kappa shape index (κ2) is 8.63. The minimum atomic E-state index is -4.97. The van der Waals surface area contributed by atoms with Gasteiger partial charge in [-0.3, -0.25) is 9.69 Å². The van der Waals surface area contributed by atoms with Gasteiger partial charge in [-0.2, -0.15) is 13.2 Å². The normalized spacial score (nSPS) is 12.0. The first kappa shape index (κ1) is 22.7. The Balaban J connectivity index is 2.27. The molecule has 0 saturated heterocycles. The summed E-state index contributed by atoms with van der Waals surface area (Å²) in [5, 5.41) is 10.2. The highest BCUT2D eigenvalue weighted by Crippen LogP contribution is 2.40.